The van der Waals surface area contributed by atoms with E-state index in [-0.39, 0.29) is 17.7 Å². The van der Waals surface area contributed by atoms with Crippen molar-refractivity contribution in [3.8, 4) is 17.1 Å². The third kappa shape index (κ3) is 4.92. The topological polar surface area (TPSA) is 119 Å². The lowest BCUT2D eigenvalue weighted by molar-refractivity contribution is -0.139. The molecule has 0 unspecified atom stereocenters. The molecule has 1 saturated heterocycles. The Kier molecular flexibility index (Phi) is 5.88. The summed E-state index contributed by atoms with van der Waals surface area (Å²) in [6.07, 6.45) is -0.771. The van der Waals surface area contributed by atoms with E-state index in [1.807, 2.05) is 4.90 Å². The van der Waals surface area contributed by atoms with Crippen LogP contribution in [0.5, 0.6) is 5.75 Å². The lowest BCUT2D eigenvalue weighted by Crippen LogP contribution is -2.39. The van der Waals surface area contributed by atoms with Gasteiger partial charge in [0.2, 0.25) is 11.8 Å². The lowest BCUT2D eigenvalue weighted by Gasteiger charge is -2.32. The first kappa shape index (κ1) is 21.5. The van der Waals surface area contributed by atoms with E-state index in [2.05, 4.69) is 25.4 Å². The van der Waals surface area contributed by atoms with Crippen molar-refractivity contribution in [1.29, 1.82) is 0 Å². The SMILES string of the molecule is O=C(O)Cn1nnc(-c2cnc(N3CCC(Oc4ccccc4C(F)(F)F)CC3)nc2)n1. The van der Waals surface area contributed by atoms with Crippen LogP contribution in [0.3, 0.4) is 0 Å². The van der Waals surface area contributed by atoms with E-state index in [1.165, 1.54) is 30.6 Å². The first-order valence-electron chi connectivity index (χ1n) is 9.69. The van der Waals surface area contributed by atoms with Crippen LogP contribution >= 0.6 is 0 Å². The van der Waals surface area contributed by atoms with Crippen molar-refractivity contribution in [2.24, 2.45) is 0 Å². The number of carbonyl (C=O) groups is 1. The van der Waals surface area contributed by atoms with Gasteiger partial charge >= 0.3 is 12.1 Å². The molecule has 2 aromatic heterocycles. The van der Waals surface area contributed by atoms with E-state index in [0.29, 0.717) is 37.4 Å². The van der Waals surface area contributed by atoms with Crippen molar-refractivity contribution in [2.45, 2.75) is 31.7 Å². The van der Waals surface area contributed by atoms with Gasteiger partial charge in [-0.05, 0) is 17.3 Å². The summed E-state index contributed by atoms with van der Waals surface area (Å²) in [7, 11) is 0. The van der Waals surface area contributed by atoms with Crippen molar-refractivity contribution >= 4 is 11.9 Å². The molecule has 3 heterocycles. The van der Waals surface area contributed by atoms with E-state index < -0.39 is 24.3 Å². The second kappa shape index (κ2) is 8.77. The summed E-state index contributed by atoms with van der Waals surface area (Å²) in [4.78, 5) is 22.2. The average Bonchev–Trinajstić information content (AvgIpc) is 3.22. The van der Waals surface area contributed by atoms with Crippen LogP contribution in [0.4, 0.5) is 19.1 Å². The molecule has 0 bridgehead atoms. The number of alkyl halides is 3. The van der Waals surface area contributed by atoms with Gasteiger partial charge in [0, 0.05) is 38.3 Å². The molecule has 0 atom stereocenters. The number of tetrazole rings is 1. The van der Waals surface area contributed by atoms with Crippen LogP contribution in [0.2, 0.25) is 0 Å². The number of nitrogens with zero attached hydrogens (tertiary/aromatic N) is 7. The van der Waals surface area contributed by atoms with Crippen LogP contribution in [-0.2, 0) is 17.5 Å². The van der Waals surface area contributed by atoms with Gasteiger partial charge in [-0.15, -0.1) is 10.2 Å². The van der Waals surface area contributed by atoms with Gasteiger partial charge < -0.3 is 14.7 Å². The second-order valence-corrected chi connectivity index (χ2v) is 7.11. The number of halogens is 3. The summed E-state index contributed by atoms with van der Waals surface area (Å²) in [5, 5.41) is 20.2. The Bertz CT molecular complexity index is 1080. The zero-order valence-electron chi connectivity index (χ0n) is 16.6. The quantitative estimate of drug-likeness (QED) is 0.604. The highest BCUT2D eigenvalue weighted by Gasteiger charge is 2.35. The summed E-state index contributed by atoms with van der Waals surface area (Å²) < 4.78 is 45.1. The lowest BCUT2D eigenvalue weighted by atomic mass is 10.1. The largest absolute Gasteiger partial charge is 0.490 e. The molecular weight excluding hydrogens is 431 g/mol. The fourth-order valence-electron chi connectivity index (χ4n) is 3.30. The standard InChI is InChI=1S/C19H18F3N7O3/c20-19(21,22)14-3-1-2-4-15(14)32-13-5-7-28(8-6-13)18-23-9-12(10-24-18)17-25-27-29(26-17)11-16(30)31/h1-4,9-10,13H,5-8,11H2,(H,30,31). The van der Waals surface area contributed by atoms with Gasteiger partial charge in [-0.25, -0.2) is 9.97 Å². The molecule has 1 aliphatic heterocycles. The Balaban J connectivity index is 1.36. The van der Waals surface area contributed by atoms with Crippen molar-refractivity contribution in [3.63, 3.8) is 0 Å². The third-order valence-electron chi connectivity index (χ3n) is 4.84. The molecule has 4 rings (SSSR count). The van der Waals surface area contributed by atoms with E-state index in [4.69, 9.17) is 9.84 Å². The number of piperidine rings is 1. The van der Waals surface area contributed by atoms with Gasteiger partial charge in [-0.1, -0.05) is 12.1 Å². The fraction of sp³-hybridized carbons (Fsp3) is 0.368. The number of hydrogen-bond donors (Lipinski definition) is 1. The Hall–Kier alpha value is -3.77. The van der Waals surface area contributed by atoms with Gasteiger partial charge in [-0.3, -0.25) is 4.79 Å². The zero-order valence-corrected chi connectivity index (χ0v) is 16.6. The number of ether oxygens (including phenoxy) is 1. The van der Waals surface area contributed by atoms with Gasteiger partial charge in [0.25, 0.3) is 0 Å². The van der Waals surface area contributed by atoms with Crippen LogP contribution in [-0.4, -0.2) is 60.4 Å². The maximum absolute atomic E-state index is 13.2. The summed E-state index contributed by atoms with van der Waals surface area (Å²) in [6, 6.07) is 5.19. The van der Waals surface area contributed by atoms with Crippen molar-refractivity contribution < 1.29 is 27.8 Å². The second-order valence-electron chi connectivity index (χ2n) is 7.11. The molecule has 1 aliphatic rings. The molecule has 0 radical (unpaired) electrons. The molecule has 0 amide bonds. The van der Waals surface area contributed by atoms with Crippen LogP contribution in [0.25, 0.3) is 11.4 Å². The summed E-state index contributed by atoms with van der Waals surface area (Å²) in [5.41, 5.74) is -0.303. The Morgan fingerprint density at radius 2 is 1.84 bits per heavy atom. The van der Waals surface area contributed by atoms with E-state index >= 15 is 0 Å². The Morgan fingerprint density at radius 1 is 1.16 bits per heavy atom. The first-order chi connectivity index (χ1) is 15.3. The van der Waals surface area contributed by atoms with Gasteiger partial charge in [0.1, 0.15) is 11.9 Å². The minimum Gasteiger partial charge on any atom is -0.490 e. The number of para-hydroxylation sites is 1. The molecule has 0 aliphatic carbocycles. The minimum atomic E-state index is -4.47. The smallest absolute Gasteiger partial charge is 0.419 e. The van der Waals surface area contributed by atoms with Gasteiger partial charge in [-0.2, -0.15) is 18.0 Å². The number of carboxylic acid groups (broad SMARTS) is 1. The number of carboxylic acids is 1. The fourth-order valence-corrected chi connectivity index (χ4v) is 3.30. The van der Waals surface area contributed by atoms with Crippen molar-refractivity contribution in [2.75, 3.05) is 18.0 Å². The van der Waals surface area contributed by atoms with E-state index in [1.54, 1.807) is 0 Å². The maximum Gasteiger partial charge on any atom is 0.419 e. The Morgan fingerprint density at radius 3 is 2.50 bits per heavy atom. The third-order valence-corrected chi connectivity index (χ3v) is 4.84. The highest BCUT2D eigenvalue weighted by atomic mass is 19.4. The molecule has 0 saturated carbocycles. The minimum absolute atomic E-state index is 0.164. The van der Waals surface area contributed by atoms with E-state index in [9.17, 15) is 18.0 Å². The molecule has 1 aromatic carbocycles. The highest BCUT2D eigenvalue weighted by molar-refractivity contribution is 5.66. The summed E-state index contributed by atoms with van der Waals surface area (Å²) in [5.74, 6) is -0.591. The highest BCUT2D eigenvalue weighted by Crippen LogP contribution is 2.37. The number of aromatic nitrogens is 6. The van der Waals surface area contributed by atoms with Crippen LogP contribution < -0.4 is 9.64 Å². The molecular formula is C19H18F3N7O3. The van der Waals surface area contributed by atoms with Crippen molar-refractivity contribution in [3.05, 3.63) is 42.2 Å². The van der Waals surface area contributed by atoms with E-state index in [0.717, 1.165) is 10.9 Å². The van der Waals surface area contributed by atoms with Gasteiger partial charge in [0.05, 0.1) is 11.1 Å². The average molecular weight is 449 g/mol. The normalized spacial score (nSPS) is 15.0. The van der Waals surface area contributed by atoms with Crippen LogP contribution in [0.1, 0.15) is 18.4 Å². The first-order valence-corrected chi connectivity index (χ1v) is 9.69. The number of anilines is 1. The summed E-state index contributed by atoms with van der Waals surface area (Å²) >= 11 is 0. The van der Waals surface area contributed by atoms with Gasteiger partial charge in [0.15, 0.2) is 6.54 Å². The predicted molar refractivity (Wildman–Crippen MR) is 104 cm³/mol. The zero-order chi connectivity index (χ0) is 22.7. The molecule has 10 nitrogen and oxygen atoms in total. The number of rotatable bonds is 6. The Labute approximate surface area is 179 Å². The monoisotopic (exact) mass is 449 g/mol. The predicted octanol–water partition coefficient (Wildman–Crippen LogP) is 2.28. The number of hydrogen-bond acceptors (Lipinski definition) is 8. The molecule has 168 valence electrons. The maximum atomic E-state index is 13.2. The number of benzene rings is 1. The summed E-state index contributed by atoms with van der Waals surface area (Å²) in [6.45, 7) is 0.632. The molecule has 0 spiro atoms. The molecule has 13 heteroatoms. The van der Waals surface area contributed by atoms with Crippen LogP contribution in [0.15, 0.2) is 36.7 Å². The number of aliphatic carboxylic acids is 1. The molecule has 32 heavy (non-hydrogen) atoms. The molecule has 3 aromatic rings. The molecule has 1 fully saturated rings. The molecule has 1 N–H and O–H groups in total. The van der Waals surface area contributed by atoms with Crippen molar-refractivity contribution in [1.82, 2.24) is 30.2 Å². The van der Waals surface area contributed by atoms with Crippen LogP contribution in [0, 0.1) is 0 Å².